The first kappa shape index (κ1) is 18.6. The van der Waals surface area contributed by atoms with Gasteiger partial charge in [-0.3, -0.25) is 4.79 Å². The molecule has 0 aliphatic carbocycles. The van der Waals surface area contributed by atoms with Crippen molar-refractivity contribution in [1.29, 1.82) is 0 Å². The quantitative estimate of drug-likeness (QED) is 0.590. The third kappa shape index (κ3) is 4.07. The number of thioether (sulfide) groups is 1. The number of carbonyl (C=O) groups excluding carboxylic acids is 1. The number of nitrogens with zero attached hydrogens (tertiary/aromatic N) is 1. The molecule has 1 atom stereocenters. The predicted octanol–water partition coefficient (Wildman–Crippen LogP) is 5.06. The standard InChI is InChI=1S/C24H23NO2S/c1-27-22-13-12-20(14-18-8-4-2-5-9-18)15-21(22)24-25(23(26)17-28-24)16-19-10-6-3-7-11-19/h2-13,15,24H,14,16-17H2,1H3. The van der Waals surface area contributed by atoms with Crippen molar-refractivity contribution in [2.24, 2.45) is 0 Å². The van der Waals surface area contributed by atoms with Crippen molar-refractivity contribution in [2.45, 2.75) is 18.3 Å². The Labute approximate surface area is 170 Å². The van der Waals surface area contributed by atoms with Gasteiger partial charge >= 0.3 is 0 Å². The molecule has 3 aromatic carbocycles. The average Bonchev–Trinajstić information content (AvgIpc) is 3.09. The van der Waals surface area contributed by atoms with Crippen LogP contribution in [0, 0.1) is 0 Å². The molecule has 4 heteroatoms. The van der Waals surface area contributed by atoms with E-state index in [1.807, 2.05) is 35.2 Å². The number of carbonyl (C=O) groups is 1. The van der Waals surface area contributed by atoms with E-state index in [1.54, 1.807) is 18.9 Å². The summed E-state index contributed by atoms with van der Waals surface area (Å²) >= 11 is 1.67. The third-order valence-electron chi connectivity index (χ3n) is 4.98. The van der Waals surface area contributed by atoms with Gasteiger partial charge in [0, 0.05) is 12.1 Å². The topological polar surface area (TPSA) is 29.5 Å². The van der Waals surface area contributed by atoms with E-state index >= 15 is 0 Å². The molecule has 1 fully saturated rings. The van der Waals surface area contributed by atoms with E-state index in [4.69, 9.17) is 4.74 Å². The SMILES string of the molecule is COc1ccc(Cc2ccccc2)cc1C1SCC(=O)N1Cc1ccccc1. The summed E-state index contributed by atoms with van der Waals surface area (Å²) in [6.45, 7) is 0.614. The lowest BCUT2D eigenvalue weighted by Gasteiger charge is -2.26. The zero-order chi connectivity index (χ0) is 19.3. The Bertz CT molecular complexity index is 943. The van der Waals surface area contributed by atoms with Crippen LogP contribution in [-0.4, -0.2) is 23.7 Å². The molecule has 28 heavy (non-hydrogen) atoms. The number of rotatable bonds is 6. The van der Waals surface area contributed by atoms with Gasteiger partial charge < -0.3 is 9.64 Å². The zero-order valence-corrected chi connectivity index (χ0v) is 16.7. The third-order valence-corrected chi connectivity index (χ3v) is 6.21. The molecule has 1 amide bonds. The van der Waals surface area contributed by atoms with Gasteiger partial charge in [-0.15, -0.1) is 11.8 Å². The fraction of sp³-hybridized carbons (Fsp3) is 0.208. The fourth-order valence-corrected chi connectivity index (χ4v) is 4.78. The minimum Gasteiger partial charge on any atom is -0.496 e. The molecular weight excluding hydrogens is 366 g/mol. The zero-order valence-electron chi connectivity index (χ0n) is 15.9. The van der Waals surface area contributed by atoms with Crippen LogP contribution in [0.5, 0.6) is 5.75 Å². The molecule has 0 bridgehead atoms. The lowest BCUT2D eigenvalue weighted by atomic mass is 10.0. The van der Waals surface area contributed by atoms with Crippen LogP contribution in [0.4, 0.5) is 0 Å². The Morgan fingerprint density at radius 2 is 1.61 bits per heavy atom. The maximum atomic E-state index is 12.6. The van der Waals surface area contributed by atoms with Crippen LogP contribution in [0.1, 0.15) is 27.6 Å². The molecule has 0 saturated carbocycles. The molecule has 3 nitrogen and oxygen atoms in total. The van der Waals surface area contributed by atoms with Crippen LogP contribution in [0.25, 0.3) is 0 Å². The normalized spacial score (nSPS) is 16.4. The number of ether oxygens (including phenoxy) is 1. The lowest BCUT2D eigenvalue weighted by molar-refractivity contribution is -0.128. The highest BCUT2D eigenvalue weighted by Crippen LogP contribution is 2.43. The van der Waals surface area contributed by atoms with Crippen molar-refractivity contribution < 1.29 is 9.53 Å². The summed E-state index contributed by atoms with van der Waals surface area (Å²) in [7, 11) is 1.69. The van der Waals surface area contributed by atoms with E-state index in [9.17, 15) is 4.79 Å². The lowest BCUT2D eigenvalue weighted by Crippen LogP contribution is -2.28. The highest BCUT2D eigenvalue weighted by molar-refractivity contribution is 8.00. The van der Waals surface area contributed by atoms with Gasteiger partial charge in [0.05, 0.1) is 12.9 Å². The van der Waals surface area contributed by atoms with E-state index in [-0.39, 0.29) is 11.3 Å². The van der Waals surface area contributed by atoms with Gasteiger partial charge in [-0.2, -0.15) is 0 Å². The van der Waals surface area contributed by atoms with Crippen LogP contribution < -0.4 is 4.74 Å². The highest BCUT2D eigenvalue weighted by atomic mass is 32.2. The van der Waals surface area contributed by atoms with Crippen molar-refractivity contribution in [1.82, 2.24) is 4.90 Å². The first-order valence-corrected chi connectivity index (χ1v) is 10.4. The molecule has 0 N–H and O–H groups in total. The first-order valence-electron chi connectivity index (χ1n) is 9.40. The molecule has 0 aromatic heterocycles. The van der Waals surface area contributed by atoms with Gasteiger partial charge in [-0.25, -0.2) is 0 Å². The van der Waals surface area contributed by atoms with Gasteiger partial charge in [0.2, 0.25) is 5.91 Å². The van der Waals surface area contributed by atoms with E-state index in [0.717, 1.165) is 23.3 Å². The summed E-state index contributed by atoms with van der Waals surface area (Å²) in [5.41, 5.74) is 4.71. The van der Waals surface area contributed by atoms with Crippen LogP contribution in [-0.2, 0) is 17.8 Å². The maximum Gasteiger partial charge on any atom is 0.234 e. The second kappa shape index (κ2) is 8.53. The molecule has 4 rings (SSSR count). The first-order chi connectivity index (χ1) is 13.7. The number of benzene rings is 3. The maximum absolute atomic E-state index is 12.6. The minimum absolute atomic E-state index is 0.0293. The molecule has 0 radical (unpaired) electrons. The Morgan fingerprint density at radius 1 is 0.929 bits per heavy atom. The molecule has 1 saturated heterocycles. The Kier molecular flexibility index (Phi) is 5.68. The van der Waals surface area contributed by atoms with E-state index in [0.29, 0.717) is 12.3 Å². The Morgan fingerprint density at radius 3 is 2.29 bits per heavy atom. The van der Waals surface area contributed by atoms with Gasteiger partial charge in [0.25, 0.3) is 0 Å². The van der Waals surface area contributed by atoms with E-state index in [1.165, 1.54) is 11.1 Å². The van der Waals surface area contributed by atoms with Gasteiger partial charge in [-0.05, 0) is 35.2 Å². The Hall–Kier alpha value is -2.72. The largest absolute Gasteiger partial charge is 0.496 e. The summed E-state index contributed by atoms with van der Waals surface area (Å²) in [6.07, 6.45) is 0.863. The Balaban J connectivity index is 1.63. The van der Waals surface area contributed by atoms with E-state index in [2.05, 4.69) is 48.5 Å². The summed E-state index contributed by atoms with van der Waals surface area (Å²) in [4.78, 5) is 14.6. The van der Waals surface area contributed by atoms with Crippen molar-refractivity contribution >= 4 is 17.7 Å². The van der Waals surface area contributed by atoms with Crippen LogP contribution in [0.15, 0.2) is 78.9 Å². The minimum atomic E-state index is -0.0293. The van der Waals surface area contributed by atoms with Crippen molar-refractivity contribution in [3.05, 3.63) is 101 Å². The number of amides is 1. The summed E-state index contributed by atoms with van der Waals surface area (Å²) < 4.78 is 5.65. The van der Waals surface area contributed by atoms with Crippen molar-refractivity contribution in [2.75, 3.05) is 12.9 Å². The van der Waals surface area contributed by atoms with Crippen molar-refractivity contribution in [3.63, 3.8) is 0 Å². The smallest absolute Gasteiger partial charge is 0.234 e. The molecule has 142 valence electrons. The highest BCUT2D eigenvalue weighted by Gasteiger charge is 2.34. The monoisotopic (exact) mass is 389 g/mol. The van der Waals surface area contributed by atoms with Crippen LogP contribution in [0.3, 0.4) is 0 Å². The molecule has 0 spiro atoms. The summed E-state index contributed by atoms with van der Waals surface area (Å²) in [6, 6.07) is 26.9. The predicted molar refractivity (Wildman–Crippen MR) is 114 cm³/mol. The fourth-order valence-electron chi connectivity index (χ4n) is 3.58. The molecule has 1 aliphatic heterocycles. The van der Waals surface area contributed by atoms with Crippen LogP contribution in [0.2, 0.25) is 0 Å². The van der Waals surface area contributed by atoms with Crippen LogP contribution >= 0.6 is 11.8 Å². The average molecular weight is 390 g/mol. The second-order valence-electron chi connectivity index (χ2n) is 6.91. The number of hydrogen-bond donors (Lipinski definition) is 0. The molecule has 3 aromatic rings. The summed E-state index contributed by atoms with van der Waals surface area (Å²) in [5.74, 6) is 1.51. The van der Waals surface area contributed by atoms with Crippen molar-refractivity contribution in [3.8, 4) is 5.75 Å². The number of methoxy groups -OCH3 is 1. The molecule has 1 heterocycles. The number of hydrogen-bond acceptors (Lipinski definition) is 3. The molecule has 1 aliphatic rings. The van der Waals surface area contributed by atoms with Gasteiger partial charge in [0.1, 0.15) is 11.1 Å². The van der Waals surface area contributed by atoms with E-state index < -0.39 is 0 Å². The van der Waals surface area contributed by atoms with Gasteiger partial charge in [-0.1, -0.05) is 66.7 Å². The van der Waals surface area contributed by atoms with Gasteiger partial charge in [0.15, 0.2) is 0 Å². The molecular formula is C24H23NO2S. The summed E-state index contributed by atoms with van der Waals surface area (Å²) in [5, 5.41) is -0.0293. The molecule has 1 unspecified atom stereocenters. The second-order valence-corrected chi connectivity index (χ2v) is 7.98.